The van der Waals surface area contributed by atoms with E-state index in [0.29, 0.717) is 92.1 Å². The maximum atomic E-state index is 13.5. The minimum absolute atomic E-state index is 0.251. The third-order valence-electron chi connectivity index (χ3n) is 9.27. The van der Waals surface area contributed by atoms with Gasteiger partial charge >= 0.3 is 0 Å². The van der Waals surface area contributed by atoms with Crippen molar-refractivity contribution in [3.8, 4) is 0 Å². The second-order valence-corrected chi connectivity index (χ2v) is 12.3. The van der Waals surface area contributed by atoms with Crippen LogP contribution in [-0.4, -0.2) is 69.6 Å². The molecule has 8 rings (SSSR count). The number of benzene rings is 4. The van der Waals surface area contributed by atoms with Gasteiger partial charge in [-0.2, -0.15) is 0 Å². The summed E-state index contributed by atoms with van der Waals surface area (Å²) in [5.41, 5.74) is 16.4. The summed E-state index contributed by atoms with van der Waals surface area (Å²) in [6.07, 6.45) is 5.24. The molecule has 11 nitrogen and oxygen atoms in total. The molecule has 0 fully saturated rings. The highest BCUT2D eigenvalue weighted by atomic mass is 16.2. The zero-order chi connectivity index (χ0) is 33.1. The van der Waals surface area contributed by atoms with Crippen LogP contribution < -0.4 is 16.8 Å². The van der Waals surface area contributed by atoms with Crippen LogP contribution in [0.4, 0.5) is 11.4 Å². The summed E-state index contributed by atoms with van der Waals surface area (Å²) in [5, 5.41) is 7.58. The molecule has 4 aromatic carbocycles. The fourth-order valence-electron chi connectivity index (χ4n) is 7.11. The van der Waals surface area contributed by atoms with Crippen molar-refractivity contribution in [3.05, 3.63) is 95.3 Å². The van der Waals surface area contributed by atoms with Gasteiger partial charge in [-0.05, 0) is 80.9 Å². The first-order chi connectivity index (χ1) is 23.3. The van der Waals surface area contributed by atoms with Crippen LogP contribution >= 0.6 is 0 Å². The monoisotopic (exact) mass is 637 g/mol. The molecule has 238 valence electrons. The van der Waals surface area contributed by atoms with Crippen LogP contribution in [0.2, 0.25) is 0 Å². The van der Waals surface area contributed by atoms with Crippen LogP contribution in [0.5, 0.6) is 0 Å². The molecule has 6 aromatic rings. The Morgan fingerprint density at radius 1 is 0.562 bits per heavy atom. The number of fused-ring (bicyclic) bond motifs is 4. The number of unbranched alkanes of at least 4 members (excludes halogenated alkanes) is 1. The normalized spacial score (nSPS) is 14.3. The van der Waals surface area contributed by atoms with E-state index in [9.17, 15) is 19.2 Å². The Hall–Kier alpha value is -5.94. The van der Waals surface area contributed by atoms with Crippen molar-refractivity contribution in [1.82, 2.24) is 25.1 Å². The van der Waals surface area contributed by atoms with Crippen molar-refractivity contribution in [2.75, 3.05) is 37.6 Å². The van der Waals surface area contributed by atoms with Crippen molar-refractivity contribution in [1.29, 1.82) is 0 Å². The van der Waals surface area contributed by atoms with Crippen LogP contribution in [0.3, 0.4) is 0 Å². The number of pyridine rings is 2. The van der Waals surface area contributed by atoms with Gasteiger partial charge in [-0.25, -0.2) is 0 Å². The number of aromatic nitrogens is 2. The second-order valence-electron chi connectivity index (χ2n) is 12.3. The van der Waals surface area contributed by atoms with Gasteiger partial charge in [-0.3, -0.25) is 38.9 Å². The molecule has 4 amide bonds. The Morgan fingerprint density at radius 2 is 1.00 bits per heavy atom. The molecule has 0 aliphatic carbocycles. The Balaban J connectivity index is 0.881. The smallest absolute Gasteiger partial charge is 0.261 e. The van der Waals surface area contributed by atoms with Gasteiger partial charge in [0.15, 0.2) is 0 Å². The number of carbonyl (C=O) groups excluding carboxylic acids is 4. The van der Waals surface area contributed by atoms with Crippen molar-refractivity contribution >= 4 is 78.4 Å². The quantitative estimate of drug-likeness (QED) is 0.0865. The number of nitrogen functional groups attached to an aromatic ring is 2. The van der Waals surface area contributed by atoms with E-state index in [1.54, 1.807) is 48.8 Å². The predicted molar refractivity (Wildman–Crippen MR) is 185 cm³/mol. The van der Waals surface area contributed by atoms with Crippen molar-refractivity contribution < 1.29 is 19.2 Å². The molecule has 2 aliphatic heterocycles. The first-order valence-electron chi connectivity index (χ1n) is 16.0. The van der Waals surface area contributed by atoms with Crippen LogP contribution in [0.25, 0.3) is 43.4 Å². The average Bonchev–Trinajstić information content (AvgIpc) is 3.09. The number of hydrogen-bond donors (Lipinski definition) is 3. The lowest BCUT2D eigenvalue weighted by atomic mass is 9.91. The highest BCUT2D eigenvalue weighted by Gasteiger charge is 2.35. The van der Waals surface area contributed by atoms with Crippen LogP contribution in [0.1, 0.15) is 60.7 Å². The Kier molecular flexibility index (Phi) is 6.99. The van der Waals surface area contributed by atoms with Crippen molar-refractivity contribution in [2.24, 2.45) is 0 Å². The molecule has 5 N–H and O–H groups in total. The summed E-state index contributed by atoms with van der Waals surface area (Å²) < 4.78 is 0. The predicted octanol–water partition coefficient (Wildman–Crippen LogP) is 4.91. The molecule has 11 heteroatoms. The van der Waals surface area contributed by atoms with E-state index in [1.807, 2.05) is 24.3 Å². The van der Waals surface area contributed by atoms with Gasteiger partial charge in [-0.1, -0.05) is 12.1 Å². The molecule has 48 heavy (non-hydrogen) atoms. The molecule has 0 saturated carbocycles. The molecule has 0 bridgehead atoms. The molecule has 0 radical (unpaired) electrons. The fraction of sp³-hybridized carbons (Fsp3) is 0.189. The molecule has 4 heterocycles. The largest absolute Gasteiger partial charge is 0.399 e. The van der Waals surface area contributed by atoms with Gasteiger partial charge in [-0.15, -0.1) is 0 Å². The van der Waals surface area contributed by atoms with Crippen LogP contribution in [-0.2, 0) is 0 Å². The topological polar surface area (TPSA) is 165 Å². The van der Waals surface area contributed by atoms with E-state index in [4.69, 9.17) is 11.5 Å². The molecular formula is C37H31N7O4. The lowest BCUT2D eigenvalue weighted by Gasteiger charge is -2.28. The van der Waals surface area contributed by atoms with Gasteiger partial charge in [0.25, 0.3) is 23.6 Å². The number of rotatable bonds is 9. The minimum Gasteiger partial charge on any atom is -0.399 e. The van der Waals surface area contributed by atoms with Crippen molar-refractivity contribution in [3.63, 3.8) is 0 Å². The third kappa shape index (κ3) is 4.62. The van der Waals surface area contributed by atoms with Crippen LogP contribution in [0, 0.1) is 0 Å². The van der Waals surface area contributed by atoms with Gasteiger partial charge in [0.05, 0.1) is 22.2 Å². The molecule has 0 unspecified atom stereocenters. The number of nitrogens with zero attached hydrogens (tertiary/aromatic N) is 4. The zero-order valence-electron chi connectivity index (χ0n) is 26.0. The number of nitrogens with two attached hydrogens (primary N) is 2. The SMILES string of the molecule is Nc1cc2c3c(cc4cccnc4c3c1)C(=O)N(CCCCNCCCN1C(=O)c3cc(N)cc4c3c(cc3cccnc34)C1=O)C2=O. The van der Waals surface area contributed by atoms with E-state index in [2.05, 4.69) is 15.3 Å². The molecule has 2 aliphatic rings. The second kappa shape index (κ2) is 11.4. The molecular weight excluding hydrogens is 606 g/mol. The van der Waals surface area contributed by atoms with E-state index in [0.717, 1.165) is 17.2 Å². The highest BCUT2D eigenvalue weighted by molar-refractivity contribution is 6.30. The lowest BCUT2D eigenvalue weighted by molar-refractivity contribution is 0.0591. The molecule has 2 aromatic heterocycles. The summed E-state index contributed by atoms with van der Waals surface area (Å²) >= 11 is 0. The van der Waals surface area contributed by atoms with Crippen molar-refractivity contribution in [2.45, 2.75) is 19.3 Å². The summed E-state index contributed by atoms with van der Waals surface area (Å²) in [7, 11) is 0. The Labute approximate surface area is 274 Å². The number of carbonyl (C=O) groups is 4. The van der Waals surface area contributed by atoms with Crippen LogP contribution in [0.15, 0.2) is 73.1 Å². The minimum atomic E-state index is -0.362. The van der Waals surface area contributed by atoms with E-state index >= 15 is 0 Å². The van der Waals surface area contributed by atoms with Gasteiger partial charge in [0.1, 0.15) is 0 Å². The maximum absolute atomic E-state index is 13.5. The van der Waals surface area contributed by atoms with Gasteiger partial charge < -0.3 is 16.8 Å². The third-order valence-corrected chi connectivity index (χ3v) is 9.27. The van der Waals surface area contributed by atoms with Gasteiger partial charge in [0, 0.05) is 80.3 Å². The number of hydrogen-bond acceptors (Lipinski definition) is 9. The summed E-state index contributed by atoms with van der Waals surface area (Å²) in [4.78, 5) is 65.6. The number of imide groups is 2. The van der Waals surface area contributed by atoms with E-state index in [-0.39, 0.29) is 36.7 Å². The molecule has 0 saturated heterocycles. The van der Waals surface area contributed by atoms with E-state index in [1.165, 1.54) is 9.80 Å². The lowest BCUT2D eigenvalue weighted by Crippen LogP contribution is -2.42. The summed E-state index contributed by atoms with van der Waals surface area (Å²) in [6, 6.07) is 17.8. The average molecular weight is 638 g/mol. The van der Waals surface area contributed by atoms with Gasteiger partial charge in [0.2, 0.25) is 0 Å². The first-order valence-corrected chi connectivity index (χ1v) is 16.0. The maximum Gasteiger partial charge on any atom is 0.261 e. The summed E-state index contributed by atoms with van der Waals surface area (Å²) in [5.74, 6) is -1.36. The molecule has 0 spiro atoms. The van der Waals surface area contributed by atoms with E-state index < -0.39 is 0 Å². The first kappa shape index (κ1) is 29.5. The summed E-state index contributed by atoms with van der Waals surface area (Å²) in [6.45, 7) is 1.75. The number of anilines is 2. The molecule has 0 atom stereocenters. The number of nitrogens with one attached hydrogen (secondary N) is 1. The zero-order valence-corrected chi connectivity index (χ0v) is 26.0. The number of amides is 4. The Bertz CT molecular complexity index is 2220. The standard InChI is InChI=1S/C37H31N7O4/c38-22-16-24-30-26(14-20-6-3-10-41-32(20)24)34(45)43(36(47)28(30)18-22)12-2-1-8-40-9-5-13-44-35(46)27-15-21-7-4-11-42-33(21)25-17-23(39)19-29(31(25)27)37(44)48/h3-4,6-7,10-11,14-19,40H,1-2,5,8-9,12-13,38-39H2. The highest BCUT2D eigenvalue weighted by Crippen LogP contribution is 2.38. The Morgan fingerprint density at radius 3 is 1.50 bits per heavy atom. The fourth-order valence-corrected chi connectivity index (χ4v) is 7.11.